The van der Waals surface area contributed by atoms with Crippen LogP contribution in [0.2, 0.25) is 0 Å². The molecule has 0 unspecified atom stereocenters. The predicted molar refractivity (Wildman–Crippen MR) is 138 cm³/mol. The predicted octanol–water partition coefficient (Wildman–Crippen LogP) is 5.54. The topological polar surface area (TPSA) is 85.9 Å². The largest absolute Gasteiger partial charge is 0.493 e. The second kappa shape index (κ2) is 10.8. The number of carbonyl (C=O) groups is 2. The molecule has 0 bridgehead atoms. The molecule has 8 heteroatoms. The van der Waals surface area contributed by atoms with Gasteiger partial charge in [-0.15, -0.1) is 11.3 Å². The van der Waals surface area contributed by atoms with Crippen molar-refractivity contribution in [3.8, 4) is 11.5 Å². The highest BCUT2D eigenvalue weighted by atomic mass is 32.1. The van der Waals surface area contributed by atoms with E-state index in [0.29, 0.717) is 40.8 Å². The summed E-state index contributed by atoms with van der Waals surface area (Å²) in [7, 11) is 4.57. The number of esters is 1. The van der Waals surface area contributed by atoms with Crippen molar-refractivity contribution in [2.24, 2.45) is 5.92 Å². The van der Waals surface area contributed by atoms with Gasteiger partial charge in [0, 0.05) is 17.1 Å². The molecule has 0 saturated carbocycles. The summed E-state index contributed by atoms with van der Waals surface area (Å²) < 4.78 is 15.5. The van der Waals surface area contributed by atoms with Gasteiger partial charge in [0.1, 0.15) is 5.00 Å². The lowest BCUT2D eigenvalue weighted by Gasteiger charge is -2.18. The van der Waals surface area contributed by atoms with Gasteiger partial charge >= 0.3 is 5.97 Å². The third-order valence-corrected chi connectivity index (χ3v) is 7.42. The van der Waals surface area contributed by atoms with E-state index in [2.05, 4.69) is 17.6 Å². The molecule has 0 radical (unpaired) electrons. The van der Waals surface area contributed by atoms with E-state index in [1.54, 1.807) is 49.8 Å². The van der Waals surface area contributed by atoms with Crippen LogP contribution >= 0.6 is 11.3 Å². The van der Waals surface area contributed by atoms with Crippen molar-refractivity contribution in [2.45, 2.75) is 32.7 Å². The van der Waals surface area contributed by atoms with Crippen molar-refractivity contribution in [3.05, 3.63) is 69.6 Å². The highest BCUT2D eigenvalue weighted by molar-refractivity contribution is 7.16. The number of rotatable bonds is 8. The lowest BCUT2D eigenvalue weighted by atomic mass is 9.88. The summed E-state index contributed by atoms with van der Waals surface area (Å²) in [4.78, 5) is 26.4. The number of thiophene rings is 1. The Bertz CT molecular complexity index is 1220. The Balaban J connectivity index is 1.57. The maximum atomic E-state index is 13.4. The number of fused-ring (bicyclic) bond motifs is 1. The van der Waals surface area contributed by atoms with Crippen LogP contribution in [-0.2, 0) is 24.1 Å². The lowest BCUT2D eigenvalue weighted by molar-refractivity contribution is 0.0600. The first-order valence-corrected chi connectivity index (χ1v) is 12.3. The van der Waals surface area contributed by atoms with Gasteiger partial charge in [-0.05, 0) is 72.7 Å². The molecule has 1 aliphatic carbocycles. The van der Waals surface area contributed by atoms with E-state index < -0.39 is 5.97 Å². The van der Waals surface area contributed by atoms with E-state index in [-0.39, 0.29) is 5.91 Å². The number of benzene rings is 2. The molecule has 35 heavy (non-hydrogen) atoms. The highest BCUT2D eigenvalue weighted by Gasteiger charge is 2.27. The summed E-state index contributed by atoms with van der Waals surface area (Å²) in [6.45, 7) is 2.80. The van der Waals surface area contributed by atoms with Gasteiger partial charge in [0.2, 0.25) is 0 Å². The highest BCUT2D eigenvalue weighted by Crippen LogP contribution is 2.40. The van der Waals surface area contributed by atoms with Crippen LogP contribution in [0.3, 0.4) is 0 Å². The minimum absolute atomic E-state index is 0.155. The molecule has 1 aliphatic rings. The molecule has 1 amide bonds. The molecule has 2 aromatic carbocycles. The van der Waals surface area contributed by atoms with Gasteiger partial charge < -0.3 is 24.8 Å². The lowest BCUT2D eigenvalue weighted by Crippen LogP contribution is -2.18. The van der Waals surface area contributed by atoms with Crippen molar-refractivity contribution < 1.29 is 23.8 Å². The Morgan fingerprint density at radius 2 is 1.77 bits per heavy atom. The van der Waals surface area contributed by atoms with Crippen LogP contribution in [0.15, 0.2) is 42.5 Å². The van der Waals surface area contributed by atoms with E-state index in [1.807, 2.05) is 18.2 Å². The number of amides is 1. The van der Waals surface area contributed by atoms with Crippen LogP contribution < -0.4 is 20.1 Å². The summed E-state index contributed by atoms with van der Waals surface area (Å²) in [6.07, 6.45) is 2.92. The van der Waals surface area contributed by atoms with Crippen LogP contribution in [0.4, 0.5) is 10.7 Å². The van der Waals surface area contributed by atoms with Crippen molar-refractivity contribution >= 4 is 33.9 Å². The molecule has 7 nitrogen and oxygen atoms in total. The number of nitrogens with one attached hydrogen (secondary N) is 2. The number of carbonyl (C=O) groups excluding carboxylic acids is 2. The van der Waals surface area contributed by atoms with Gasteiger partial charge in [-0.1, -0.05) is 13.0 Å². The monoisotopic (exact) mass is 494 g/mol. The van der Waals surface area contributed by atoms with E-state index in [9.17, 15) is 9.59 Å². The zero-order valence-electron chi connectivity index (χ0n) is 20.4. The van der Waals surface area contributed by atoms with E-state index in [1.165, 1.54) is 12.0 Å². The zero-order chi connectivity index (χ0) is 24.9. The van der Waals surface area contributed by atoms with Crippen molar-refractivity contribution in [3.63, 3.8) is 0 Å². The maximum Gasteiger partial charge on any atom is 0.337 e. The van der Waals surface area contributed by atoms with Gasteiger partial charge in [-0.2, -0.15) is 0 Å². The number of hydrogen-bond donors (Lipinski definition) is 2. The third-order valence-electron chi connectivity index (χ3n) is 6.20. The molecule has 1 atom stereocenters. The fourth-order valence-corrected chi connectivity index (χ4v) is 5.69. The molecule has 1 aromatic heterocycles. The number of anilines is 2. The molecule has 0 spiro atoms. The normalized spacial score (nSPS) is 14.6. The van der Waals surface area contributed by atoms with Crippen LogP contribution in [0.5, 0.6) is 11.5 Å². The Morgan fingerprint density at radius 3 is 2.46 bits per heavy atom. The smallest absolute Gasteiger partial charge is 0.337 e. The quantitative estimate of drug-likeness (QED) is 0.400. The molecule has 0 fully saturated rings. The standard InChI is InChI=1S/C27H30N2O5S/c1-16-5-11-20-23(13-16)35-26(28-15-17-6-12-21(32-2)22(14-17)33-3)24(20)25(30)29-19-9-7-18(8-10-19)27(31)34-4/h6-10,12,14,16,28H,5,11,13,15H2,1-4H3,(H,29,30)/t16-/m1/s1. The van der Waals surface area contributed by atoms with Crippen molar-refractivity contribution in [1.82, 2.24) is 0 Å². The second-order valence-corrected chi connectivity index (χ2v) is 9.73. The summed E-state index contributed by atoms with van der Waals surface area (Å²) in [5.41, 5.74) is 3.91. The minimum Gasteiger partial charge on any atom is -0.493 e. The van der Waals surface area contributed by atoms with Crippen LogP contribution in [-0.4, -0.2) is 33.2 Å². The van der Waals surface area contributed by atoms with E-state index >= 15 is 0 Å². The van der Waals surface area contributed by atoms with E-state index in [4.69, 9.17) is 14.2 Å². The Hall–Kier alpha value is -3.52. The average molecular weight is 495 g/mol. The molecule has 0 saturated heterocycles. The summed E-state index contributed by atoms with van der Waals surface area (Å²) >= 11 is 1.66. The molecule has 184 valence electrons. The molecule has 1 heterocycles. The van der Waals surface area contributed by atoms with Gasteiger partial charge in [-0.3, -0.25) is 4.79 Å². The van der Waals surface area contributed by atoms with Crippen LogP contribution in [0.1, 0.15) is 50.1 Å². The van der Waals surface area contributed by atoms with Gasteiger partial charge in [0.05, 0.1) is 32.5 Å². The molecule has 3 aromatic rings. The van der Waals surface area contributed by atoms with Crippen molar-refractivity contribution in [1.29, 1.82) is 0 Å². The number of methoxy groups -OCH3 is 3. The fourth-order valence-electron chi connectivity index (χ4n) is 4.29. The van der Waals surface area contributed by atoms with E-state index in [0.717, 1.165) is 35.4 Å². The maximum absolute atomic E-state index is 13.4. The number of ether oxygens (including phenoxy) is 3. The minimum atomic E-state index is -0.412. The molecule has 2 N–H and O–H groups in total. The van der Waals surface area contributed by atoms with Crippen LogP contribution in [0, 0.1) is 5.92 Å². The molecular weight excluding hydrogens is 464 g/mol. The van der Waals surface area contributed by atoms with Gasteiger partial charge in [-0.25, -0.2) is 4.79 Å². The van der Waals surface area contributed by atoms with Crippen LogP contribution in [0.25, 0.3) is 0 Å². The summed E-state index contributed by atoms with van der Waals surface area (Å²) in [5, 5.41) is 7.35. The first-order chi connectivity index (χ1) is 16.9. The molecular formula is C27H30N2O5S. The molecule has 0 aliphatic heterocycles. The average Bonchev–Trinajstić information content (AvgIpc) is 3.24. The third kappa shape index (κ3) is 5.43. The molecule has 4 rings (SSSR count). The Morgan fingerprint density at radius 1 is 1.03 bits per heavy atom. The fraction of sp³-hybridized carbons (Fsp3) is 0.333. The van der Waals surface area contributed by atoms with Gasteiger partial charge in [0.15, 0.2) is 11.5 Å². The Labute approximate surface area is 209 Å². The SMILES string of the molecule is COC(=O)c1ccc(NC(=O)c2c(NCc3ccc(OC)c(OC)c3)sc3c2CC[C@@H](C)C3)cc1. The second-order valence-electron chi connectivity index (χ2n) is 8.62. The first-order valence-electron chi connectivity index (χ1n) is 11.5. The van der Waals surface area contributed by atoms with Crippen molar-refractivity contribution in [2.75, 3.05) is 32.0 Å². The zero-order valence-corrected chi connectivity index (χ0v) is 21.2. The number of hydrogen-bond acceptors (Lipinski definition) is 7. The summed E-state index contributed by atoms with van der Waals surface area (Å²) in [5.74, 6) is 1.37. The first kappa shape index (κ1) is 24.6. The Kier molecular flexibility index (Phi) is 7.60. The summed E-state index contributed by atoms with van der Waals surface area (Å²) in [6, 6.07) is 12.5. The van der Waals surface area contributed by atoms with Gasteiger partial charge in [0.25, 0.3) is 5.91 Å².